The molecule has 1 amide bonds. The number of thiocarbonyl (C=S) groups is 1. The molecule has 1 aliphatic rings. The molecular formula is C12H9Br2NOS2. The van der Waals surface area contributed by atoms with Crippen LogP contribution in [0.4, 0.5) is 0 Å². The van der Waals surface area contributed by atoms with Crippen molar-refractivity contribution in [3.05, 3.63) is 37.1 Å². The number of carbonyl (C=O) groups excluding carboxylic acids is 1. The van der Waals surface area contributed by atoms with E-state index >= 15 is 0 Å². The molecule has 18 heavy (non-hydrogen) atoms. The predicted molar refractivity (Wildman–Crippen MR) is 87.5 cm³/mol. The smallest absolute Gasteiger partial charge is 0.265 e. The lowest BCUT2D eigenvalue weighted by Gasteiger charge is -2.05. The zero-order valence-electron chi connectivity index (χ0n) is 9.66. The van der Waals surface area contributed by atoms with Crippen molar-refractivity contribution in [2.75, 3.05) is 7.05 Å². The average Bonchev–Trinajstić information content (AvgIpc) is 2.54. The molecule has 0 radical (unpaired) electrons. The summed E-state index contributed by atoms with van der Waals surface area (Å²) in [4.78, 5) is 14.0. The van der Waals surface area contributed by atoms with Crippen LogP contribution < -0.4 is 0 Å². The average molecular weight is 407 g/mol. The van der Waals surface area contributed by atoms with E-state index < -0.39 is 0 Å². The van der Waals surface area contributed by atoms with Gasteiger partial charge in [-0.2, -0.15) is 0 Å². The Balaban J connectivity index is 2.40. The van der Waals surface area contributed by atoms with Gasteiger partial charge in [-0.1, -0.05) is 55.8 Å². The standard InChI is InChI=1S/C12H9Br2NOS2/c1-6-8(13)3-7(4-9(6)14)5-10-11(16)15(2)12(17)18-10/h3-5H,1-2H3/b10-5-. The fourth-order valence-corrected chi connectivity index (χ4v) is 3.85. The summed E-state index contributed by atoms with van der Waals surface area (Å²) in [6.45, 7) is 2.02. The Bertz CT molecular complexity index is 560. The van der Waals surface area contributed by atoms with Crippen LogP contribution in [0.2, 0.25) is 0 Å². The molecule has 1 aromatic carbocycles. The van der Waals surface area contributed by atoms with Crippen molar-refractivity contribution in [3.63, 3.8) is 0 Å². The Morgan fingerprint density at radius 3 is 2.33 bits per heavy atom. The monoisotopic (exact) mass is 405 g/mol. The quantitative estimate of drug-likeness (QED) is 0.510. The predicted octanol–water partition coefficient (Wildman–Crippen LogP) is 4.35. The Hall–Kier alpha value is -0.170. The Morgan fingerprint density at radius 2 is 1.89 bits per heavy atom. The molecule has 0 aliphatic carbocycles. The van der Waals surface area contributed by atoms with Crippen LogP contribution in [0.5, 0.6) is 0 Å². The van der Waals surface area contributed by atoms with Crippen molar-refractivity contribution in [2.24, 2.45) is 0 Å². The summed E-state index contributed by atoms with van der Waals surface area (Å²) in [5, 5.41) is 0. The molecule has 0 aromatic heterocycles. The first-order valence-electron chi connectivity index (χ1n) is 5.07. The molecule has 0 spiro atoms. The molecule has 0 saturated carbocycles. The minimum absolute atomic E-state index is 0.0437. The van der Waals surface area contributed by atoms with Gasteiger partial charge in [-0.3, -0.25) is 9.69 Å². The highest BCUT2D eigenvalue weighted by Crippen LogP contribution is 2.33. The van der Waals surface area contributed by atoms with Crippen LogP contribution in [-0.2, 0) is 4.79 Å². The van der Waals surface area contributed by atoms with Crippen LogP contribution in [0, 0.1) is 6.92 Å². The first-order chi connectivity index (χ1) is 8.40. The molecule has 2 nitrogen and oxygen atoms in total. The third-order valence-electron chi connectivity index (χ3n) is 2.59. The third-order valence-corrected chi connectivity index (χ3v) is 5.72. The first-order valence-corrected chi connectivity index (χ1v) is 7.88. The molecule has 0 bridgehead atoms. The summed E-state index contributed by atoms with van der Waals surface area (Å²) < 4.78 is 2.61. The van der Waals surface area contributed by atoms with Gasteiger partial charge in [0.1, 0.15) is 4.32 Å². The second-order valence-corrected chi connectivity index (χ2v) is 7.23. The molecule has 1 heterocycles. The molecule has 0 N–H and O–H groups in total. The largest absolute Gasteiger partial charge is 0.296 e. The molecule has 1 aliphatic heterocycles. The van der Waals surface area contributed by atoms with Gasteiger partial charge >= 0.3 is 0 Å². The number of hydrogen-bond acceptors (Lipinski definition) is 3. The highest BCUT2D eigenvalue weighted by molar-refractivity contribution is 9.11. The van der Waals surface area contributed by atoms with Gasteiger partial charge in [0, 0.05) is 16.0 Å². The minimum Gasteiger partial charge on any atom is -0.296 e. The third kappa shape index (κ3) is 2.71. The van der Waals surface area contributed by atoms with Crippen LogP contribution in [-0.4, -0.2) is 22.2 Å². The van der Waals surface area contributed by atoms with Crippen LogP contribution in [0.3, 0.4) is 0 Å². The first kappa shape index (κ1) is 14.2. The zero-order chi connectivity index (χ0) is 13.4. The number of carbonyl (C=O) groups is 1. The van der Waals surface area contributed by atoms with Gasteiger partial charge in [0.05, 0.1) is 4.91 Å². The van der Waals surface area contributed by atoms with E-state index in [4.69, 9.17) is 12.2 Å². The molecule has 6 heteroatoms. The number of nitrogens with zero attached hydrogens (tertiary/aromatic N) is 1. The van der Waals surface area contributed by atoms with Gasteiger partial charge in [-0.15, -0.1) is 0 Å². The Kier molecular flexibility index (Phi) is 4.31. The fourth-order valence-electron chi connectivity index (χ4n) is 1.45. The lowest BCUT2D eigenvalue weighted by molar-refractivity contribution is -0.121. The SMILES string of the molecule is Cc1c(Br)cc(/C=C2\SC(=S)N(C)C2=O)cc1Br. The number of thioether (sulfide) groups is 1. The van der Waals surface area contributed by atoms with E-state index in [9.17, 15) is 4.79 Å². The molecule has 0 unspecified atom stereocenters. The second-order valence-electron chi connectivity index (χ2n) is 3.85. The van der Waals surface area contributed by atoms with E-state index in [0.717, 1.165) is 20.1 Å². The Morgan fingerprint density at radius 1 is 1.33 bits per heavy atom. The van der Waals surface area contributed by atoms with Crippen molar-refractivity contribution in [3.8, 4) is 0 Å². The van der Waals surface area contributed by atoms with Crippen molar-refractivity contribution in [1.82, 2.24) is 4.90 Å². The summed E-state index contributed by atoms with van der Waals surface area (Å²) in [6.07, 6.45) is 1.86. The molecule has 94 valence electrons. The van der Waals surface area contributed by atoms with Crippen molar-refractivity contribution in [2.45, 2.75) is 6.92 Å². The van der Waals surface area contributed by atoms with Crippen LogP contribution in [0.25, 0.3) is 6.08 Å². The summed E-state index contributed by atoms with van der Waals surface area (Å²) in [5.74, 6) is -0.0437. The number of hydrogen-bond donors (Lipinski definition) is 0. The lowest BCUT2D eigenvalue weighted by atomic mass is 10.1. The molecule has 1 saturated heterocycles. The number of rotatable bonds is 1. The number of benzene rings is 1. The van der Waals surface area contributed by atoms with E-state index in [1.54, 1.807) is 7.05 Å². The van der Waals surface area contributed by atoms with Crippen molar-refractivity contribution in [1.29, 1.82) is 0 Å². The number of likely N-dealkylation sites (N-methyl/N-ethyl adjacent to an activating group) is 1. The maximum atomic E-state index is 11.9. The Labute approximate surface area is 132 Å². The van der Waals surface area contributed by atoms with Crippen molar-refractivity contribution < 1.29 is 4.79 Å². The van der Waals surface area contributed by atoms with Gasteiger partial charge < -0.3 is 0 Å². The highest BCUT2D eigenvalue weighted by Gasteiger charge is 2.28. The normalized spacial score (nSPS) is 18.0. The van der Waals surface area contributed by atoms with E-state index in [1.165, 1.54) is 16.7 Å². The minimum atomic E-state index is -0.0437. The van der Waals surface area contributed by atoms with Crippen LogP contribution in [0.1, 0.15) is 11.1 Å². The van der Waals surface area contributed by atoms with E-state index in [2.05, 4.69) is 31.9 Å². The zero-order valence-corrected chi connectivity index (χ0v) is 14.5. The van der Waals surface area contributed by atoms with Gasteiger partial charge in [0.25, 0.3) is 5.91 Å². The maximum Gasteiger partial charge on any atom is 0.265 e. The summed E-state index contributed by atoms with van der Waals surface area (Å²) >= 11 is 13.4. The number of halogens is 2. The molecule has 1 fully saturated rings. The maximum absolute atomic E-state index is 11.9. The number of amides is 1. The van der Waals surface area contributed by atoms with Gasteiger partial charge in [-0.25, -0.2) is 0 Å². The fraction of sp³-hybridized carbons (Fsp3) is 0.167. The van der Waals surface area contributed by atoms with E-state index in [-0.39, 0.29) is 5.91 Å². The summed E-state index contributed by atoms with van der Waals surface area (Å²) in [7, 11) is 1.69. The molecule has 0 atom stereocenters. The van der Waals surface area contributed by atoms with E-state index in [1.807, 2.05) is 25.1 Å². The van der Waals surface area contributed by atoms with Gasteiger partial charge in [0.2, 0.25) is 0 Å². The van der Waals surface area contributed by atoms with Crippen LogP contribution in [0.15, 0.2) is 26.0 Å². The molecule has 1 aromatic rings. The molecule has 2 rings (SSSR count). The molecular weight excluding hydrogens is 398 g/mol. The van der Waals surface area contributed by atoms with Crippen molar-refractivity contribution >= 4 is 72.1 Å². The topological polar surface area (TPSA) is 20.3 Å². The highest BCUT2D eigenvalue weighted by atomic mass is 79.9. The van der Waals surface area contributed by atoms with Crippen LogP contribution >= 0.6 is 55.8 Å². The lowest BCUT2D eigenvalue weighted by Crippen LogP contribution is -2.22. The van der Waals surface area contributed by atoms with E-state index in [0.29, 0.717) is 9.23 Å². The van der Waals surface area contributed by atoms with Gasteiger partial charge in [-0.05, 0) is 36.3 Å². The summed E-state index contributed by atoms with van der Waals surface area (Å²) in [5.41, 5.74) is 2.10. The summed E-state index contributed by atoms with van der Waals surface area (Å²) in [6, 6.07) is 3.98. The second kappa shape index (κ2) is 5.45. The van der Waals surface area contributed by atoms with Gasteiger partial charge in [0.15, 0.2) is 0 Å².